The average molecular weight is 546 g/mol. The van der Waals surface area contributed by atoms with Crippen LogP contribution in [0.4, 0.5) is 17.1 Å². The van der Waals surface area contributed by atoms with Gasteiger partial charge in [0, 0.05) is 49.5 Å². The van der Waals surface area contributed by atoms with E-state index in [9.17, 15) is 14.4 Å². The van der Waals surface area contributed by atoms with Crippen LogP contribution in [0.3, 0.4) is 0 Å². The molecule has 3 aromatic rings. The monoisotopic (exact) mass is 545 g/mol. The van der Waals surface area contributed by atoms with E-state index in [-0.39, 0.29) is 11.8 Å². The number of carbonyl (C=O) groups is 3. The van der Waals surface area contributed by atoms with Crippen molar-refractivity contribution in [3.63, 3.8) is 0 Å². The Balaban J connectivity index is 1.38. The van der Waals surface area contributed by atoms with Crippen molar-refractivity contribution in [1.82, 2.24) is 9.80 Å². The Morgan fingerprint density at radius 2 is 1.85 bits per heavy atom. The van der Waals surface area contributed by atoms with Gasteiger partial charge in [-0.3, -0.25) is 19.5 Å². The molecule has 0 aliphatic carbocycles. The van der Waals surface area contributed by atoms with E-state index in [0.29, 0.717) is 29.2 Å². The minimum atomic E-state index is -0.627. The zero-order chi connectivity index (χ0) is 27.5. The third kappa shape index (κ3) is 5.78. The number of methoxy groups -OCH3 is 1. The molecule has 0 radical (unpaired) electrons. The summed E-state index contributed by atoms with van der Waals surface area (Å²) in [5, 5.41) is 4.84. The molecule has 9 nitrogen and oxygen atoms in total. The maximum absolute atomic E-state index is 13.2. The molecule has 1 fully saturated rings. The van der Waals surface area contributed by atoms with Gasteiger partial charge in [-0.25, -0.2) is 4.79 Å². The standard InChI is InChI=1S/C29H31N5O4S/c1-32-12-14-34(15-13-32)18-25(35)33(2)21-9-7-20(8-10-21)30-27(24-5-4-16-39-24)26-22-11-6-19(29(37)38-3)17-23(22)31-28(26)36/h4-11,16-17,26H,12-15,18H2,1-3H3,(H,31,36). The first-order chi connectivity index (χ1) is 18.8. The van der Waals surface area contributed by atoms with Gasteiger partial charge in [0.15, 0.2) is 0 Å². The van der Waals surface area contributed by atoms with Crippen LogP contribution in [0.5, 0.6) is 0 Å². The second-order valence-electron chi connectivity index (χ2n) is 9.74. The smallest absolute Gasteiger partial charge is 0.337 e. The Morgan fingerprint density at radius 3 is 2.51 bits per heavy atom. The van der Waals surface area contributed by atoms with Crippen LogP contribution < -0.4 is 10.2 Å². The molecule has 5 rings (SSSR count). The van der Waals surface area contributed by atoms with Crippen molar-refractivity contribution in [3.8, 4) is 0 Å². The summed E-state index contributed by atoms with van der Waals surface area (Å²) in [7, 11) is 5.21. The number of aliphatic imine (C=N–C) groups is 1. The number of rotatable bonds is 7. The third-order valence-electron chi connectivity index (χ3n) is 7.17. The highest BCUT2D eigenvalue weighted by Gasteiger charge is 2.36. The van der Waals surface area contributed by atoms with Crippen molar-refractivity contribution in [1.29, 1.82) is 0 Å². The second kappa shape index (κ2) is 11.5. The zero-order valence-corrected chi connectivity index (χ0v) is 23.0. The van der Waals surface area contributed by atoms with Gasteiger partial charge in [-0.2, -0.15) is 0 Å². The molecule has 1 atom stereocenters. The van der Waals surface area contributed by atoms with Crippen LogP contribution in [-0.2, 0) is 14.3 Å². The summed E-state index contributed by atoms with van der Waals surface area (Å²) < 4.78 is 4.82. The van der Waals surface area contributed by atoms with E-state index in [4.69, 9.17) is 9.73 Å². The number of nitrogens with one attached hydrogen (secondary N) is 1. The number of carbonyl (C=O) groups excluding carboxylic acids is 3. The van der Waals surface area contributed by atoms with Crippen LogP contribution in [0.15, 0.2) is 65.0 Å². The molecule has 39 heavy (non-hydrogen) atoms. The van der Waals surface area contributed by atoms with Crippen molar-refractivity contribution in [2.24, 2.45) is 4.99 Å². The van der Waals surface area contributed by atoms with Crippen LogP contribution in [-0.4, -0.2) is 87.2 Å². The topological polar surface area (TPSA) is 94.5 Å². The zero-order valence-electron chi connectivity index (χ0n) is 22.2. The number of esters is 1. The molecule has 0 saturated carbocycles. The average Bonchev–Trinajstić information content (AvgIpc) is 3.60. The number of thiophene rings is 1. The predicted molar refractivity (Wildman–Crippen MR) is 153 cm³/mol. The summed E-state index contributed by atoms with van der Waals surface area (Å²) in [6.45, 7) is 4.09. The highest BCUT2D eigenvalue weighted by Crippen LogP contribution is 2.38. The van der Waals surface area contributed by atoms with E-state index in [1.165, 1.54) is 18.4 Å². The summed E-state index contributed by atoms with van der Waals surface area (Å²) in [5.41, 5.74) is 3.78. The van der Waals surface area contributed by atoms with E-state index >= 15 is 0 Å². The summed E-state index contributed by atoms with van der Waals surface area (Å²) in [6.07, 6.45) is 0. The molecule has 1 N–H and O–H groups in total. The van der Waals surface area contributed by atoms with Gasteiger partial charge in [-0.15, -0.1) is 11.3 Å². The SMILES string of the molecule is COC(=O)c1ccc2c(c1)NC(=O)C2C(=Nc1ccc(N(C)C(=O)CN2CCN(C)CC2)cc1)c1cccs1. The molecular formula is C29H31N5O4S. The first-order valence-electron chi connectivity index (χ1n) is 12.8. The number of ether oxygens (including phenoxy) is 1. The molecule has 2 amide bonds. The van der Waals surface area contributed by atoms with Crippen LogP contribution in [0.2, 0.25) is 0 Å². The van der Waals surface area contributed by atoms with E-state index in [1.807, 2.05) is 41.8 Å². The van der Waals surface area contributed by atoms with E-state index in [1.54, 1.807) is 30.1 Å². The Labute approximate surface area is 231 Å². The summed E-state index contributed by atoms with van der Waals surface area (Å²) in [6, 6.07) is 16.4. The summed E-state index contributed by atoms with van der Waals surface area (Å²) >= 11 is 1.51. The lowest BCUT2D eigenvalue weighted by molar-refractivity contribution is -0.120. The van der Waals surface area contributed by atoms with Crippen molar-refractivity contribution < 1.29 is 19.1 Å². The fourth-order valence-electron chi connectivity index (χ4n) is 4.80. The van der Waals surface area contributed by atoms with E-state index in [2.05, 4.69) is 22.2 Å². The molecule has 0 bridgehead atoms. The fraction of sp³-hybridized carbons (Fsp3) is 0.310. The van der Waals surface area contributed by atoms with Crippen LogP contribution >= 0.6 is 11.3 Å². The van der Waals surface area contributed by atoms with Gasteiger partial charge in [-0.1, -0.05) is 12.1 Å². The second-order valence-corrected chi connectivity index (χ2v) is 10.7. The molecule has 2 aliphatic heterocycles. The highest BCUT2D eigenvalue weighted by atomic mass is 32.1. The van der Waals surface area contributed by atoms with Crippen LogP contribution in [0.25, 0.3) is 0 Å². The third-order valence-corrected chi connectivity index (χ3v) is 8.06. The van der Waals surface area contributed by atoms with Gasteiger partial charge >= 0.3 is 5.97 Å². The quantitative estimate of drug-likeness (QED) is 0.360. The lowest BCUT2D eigenvalue weighted by Crippen LogP contribution is -2.48. The number of hydrogen-bond acceptors (Lipinski definition) is 8. The van der Waals surface area contributed by atoms with Gasteiger partial charge in [-0.05, 0) is 60.5 Å². The first-order valence-corrected chi connectivity index (χ1v) is 13.6. The number of hydrogen-bond donors (Lipinski definition) is 1. The van der Waals surface area contributed by atoms with Crippen molar-refractivity contribution >= 4 is 51.9 Å². The number of benzene rings is 2. The number of likely N-dealkylation sites (N-methyl/N-ethyl adjacent to an activating group) is 2. The maximum atomic E-state index is 13.2. The number of piperazine rings is 1. The molecule has 0 spiro atoms. The fourth-order valence-corrected chi connectivity index (χ4v) is 5.55. The molecule has 1 aromatic heterocycles. The van der Waals surface area contributed by atoms with Crippen LogP contribution in [0, 0.1) is 0 Å². The Hall–Kier alpha value is -3.86. The lowest BCUT2D eigenvalue weighted by atomic mass is 9.93. The number of fused-ring (bicyclic) bond motifs is 1. The lowest BCUT2D eigenvalue weighted by Gasteiger charge is -2.32. The Kier molecular flexibility index (Phi) is 7.87. The van der Waals surface area contributed by atoms with E-state index < -0.39 is 11.9 Å². The maximum Gasteiger partial charge on any atom is 0.337 e. The number of amides is 2. The minimum Gasteiger partial charge on any atom is -0.465 e. The minimum absolute atomic E-state index is 0.0423. The summed E-state index contributed by atoms with van der Waals surface area (Å²) in [4.78, 5) is 49.9. The Morgan fingerprint density at radius 1 is 1.10 bits per heavy atom. The van der Waals surface area contributed by atoms with E-state index in [0.717, 1.165) is 42.3 Å². The molecule has 3 heterocycles. The van der Waals surface area contributed by atoms with Gasteiger partial charge in [0.05, 0.1) is 30.6 Å². The molecule has 10 heteroatoms. The van der Waals surface area contributed by atoms with Crippen molar-refractivity contribution in [2.45, 2.75) is 5.92 Å². The van der Waals surface area contributed by atoms with Crippen molar-refractivity contribution in [2.75, 3.05) is 64.1 Å². The van der Waals surface area contributed by atoms with Gasteiger partial charge in [0.2, 0.25) is 11.8 Å². The molecule has 2 aliphatic rings. The normalized spacial score (nSPS) is 18.0. The molecule has 2 aromatic carbocycles. The van der Waals surface area contributed by atoms with Crippen LogP contribution in [0.1, 0.15) is 26.7 Å². The predicted octanol–water partition coefficient (Wildman–Crippen LogP) is 3.60. The molecule has 1 unspecified atom stereocenters. The van der Waals surface area contributed by atoms with Crippen molar-refractivity contribution in [3.05, 3.63) is 76.0 Å². The molecular weight excluding hydrogens is 514 g/mol. The Bertz CT molecular complexity index is 1400. The van der Waals surface area contributed by atoms with Gasteiger partial charge < -0.3 is 19.9 Å². The molecule has 1 saturated heterocycles. The number of anilines is 2. The highest BCUT2D eigenvalue weighted by molar-refractivity contribution is 7.12. The first kappa shape index (κ1) is 26.7. The number of nitrogens with zero attached hydrogens (tertiary/aromatic N) is 4. The largest absolute Gasteiger partial charge is 0.465 e. The summed E-state index contributed by atoms with van der Waals surface area (Å²) in [5.74, 6) is -1.25. The van der Waals surface area contributed by atoms with Gasteiger partial charge in [0.25, 0.3) is 0 Å². The van der Waals surface area contributed by atoms with Gasteiger partial charge in [0.1, 0.15) is 5.92 Å². The molecule has 202 valence electrons.